The predicted molar refractivity (Wildman–Crippen MR) is 48.1 cm³/mol. The minimum atomic E-state index is 0.185. The molecule has 0 aromatic heterocycles. The van der Waals surface area contributed by atoms with Crippen LogP contribution in [0, 0.1) is 5.92 Å². The van der Waals surface area contributed by atoms with E-state index in [2.05, 4.69) is 6.92 Å². The Kier molecular flexibility index (Phi) is 3.73. The minimum absolute atomic E-state index is 0.185. The van der Waals surface area contributed by atoms with Gasteiger partial charge in [-0.3, -0.25) is 4.79 Å². The van der Waals surface area contributed by atoms with E-state index in [4.69, 9.17) is 4.74 Å². The predicted octanol–water partition coefficient (Wildman–Crippen LogP) is 2.17. The van der Waals surface area contributed by atoms with E-state index in [-0.39, 0.29) is 12.0 Å². The van der Waals surface area contributed by atoms with Crippen LogP contribution in [0.2, 0.25) is 0 Å². The second kappa shape index (κ2) is 4.61. The van der Waals surface area contributed by atoms with Gasteiger partial charge in [0.2, 0.25) is 0 Å². The van der Waals surface area contributed by atoms with Crippen molar-refractivity contribution in [3.05, 3.63) is 0 Å². The first-order valence-corrected chi connectivity index (χ1v) is 4.85. The monoisotopic (exact) mass is 170 g/mol. The molecular weight excluding hydrogens is 152 g/mol. The molecule has 0 aliphatic heterocycles. The fraction of sp³-hybridized carbons (Fsp3) is 0.900. The molecule has 2 nitrogen and oxygen atoms in total. The van der Waals surface area contributed by atoms with E-state index in [0.717, 1.165) is 32.1 Å². The average molecular weight is 170 g/mol. The summed E-state index contributed by atoms with van der Waals surface area (Å²) in [5, 5.41) is 0. The molecule has 0 heterocycles. The number of methoxy groups -OCH3 is 1. The maximum Gasteiger partial charge on any atom is 0.138 e. The lowest BCUT2D eigenvalue weighted by molar-refractivity contribution is -0.124. The lowest BCUT2D eigenvalue weighted by Crippen LogP contribution is -2.25. The molecule has 0 amide bonds. The third kappa shape index (κ3) is 2.07. The highest BCUT2D eigenvalue weighted by Gasteiger charge is 2.31. The first kappa shape index (κ1) is 9.72. The second-order valence-electron chi connectivity index (χ2n) is 3.53. The van der Waals surface area contributed by atoms with Gasteiger partial charge in [-0.15, -0.1) is 0 Å². The Hall–Kier alpha value is -0.370. The Bertz CT molecular complexity index is 154. The highest BCUT2D eigenvalue weighted by Crippen LogP contribution is 2.27. The summed E-state index contributed by atoms with van der Waals surface area (Å²) in [7, 11) is 1.71. The molecule has 2 unspecified atom stereocenters. The van der Waals surface area contributed by atoms with E-state index in [1.165, 1.54) is 0 Å². The van der Waals surface area contributed by atoms with Crippen molar-refractivity contribution in [1.82, 2.24) is 0 Å². The number of hydrogen-bond acceptors (Lipinski definition) is 2. The van der Waals surface area contributed by atoms with Gasteiger partial charge in [-0.25, -0.2) is 0 Å². The summed E-state index contributed by atoms with van der Waals surface area (Å²) in [6.45, 7) is 2.13. The van der Waals surface area contributed by atoms with E-state index in [1.807, 2.05) is 0 Å². The van der Waals surface area contributed by atoms with E-state index in [1.54, 1.807) is 7.11 Å². The fourth-order valence-electron chi connectivity index (χ4n) is 2.00. The van der Waals surface area contributed by atoms with Gasteiger partial charge in [-0.2, -0.15) is 0 Å². The van der Waals surface area contributed by atoms with Crippen LogP contribution >= 0.6 is 0 Å². The molecule has 0 aromatic carbocycles. The largest absolute Gasteiger partial charge is 0.381 e. The quantitative estimate of drug-likeness (QED) is 0.646. The number of Topliss-reactive ketones (excluding diaryl/α,β-unsaturated/α-hetero) is 1. The van der Waals surface area contributed by atoms with Crippen LogP contribution < -0.4 is 0 Å². The highest BCUT2D eigenvalue weighted by molar-refractivity contribution is 5.83. The molecule has 1 aliphatic carbocycles. The summed E-state index contributed by atoms with van der Waals surface area (Å²) in [6.07, 6.45) is 5.18. The Morgan fingerprint density at radius 1 is 1.67 bits per heavy atom. The van der Waals surface area contributed by atoms with Crippen LogP contribution in [-0.4, -0.2) is 19.0 Å². The molecular formula is C10H18O2. The van der Waals surface area contributed by atoms with Crippen LogP contribution in [0.3, 0.4) is 0 Å². The van der Waals surface area contributed by atoms with E-state index in [0.29, 0.717) is 5.78 Å². The maximum atomic E-state index is 11.4. The van der Waals surface area contributed by atoms with Crippen LogP contribution in [0.4, 0.5) is 0 Å². The van der Waals surface area contributed by atoms with Gasteiger partial charge in [0.05, 0.1) is 6.10 Å². The summed E-state index contributed by atoms with van der Waals surface area (Å²) in [5.74, 6) is 0.616. The van der Waals surface area contributed by atoms with Crippen LogP contribution in [-0.2, 0) is 9.53 Å². The average Bonchev–Trinajstić information content (AvgIpc) is 2.47. The molecule has 12 heavy (non-hydrogen) atoms. The molecule has 0 aromatic rings. The number of carbonyl (C=O) groups is 1. The fourth-order valence-corrected chi connectivity index (χ4v) is 2.00. The number of ether oxygens (including phenoxy) is 1. The van der Waals surface area contributed by atoms with Crippen molar-refractivity contribution in [2.75, 3.05) is 7.11 Å². The molecule has 0 N–H and O–H groups in total. The molecule has 2 heteroatoms. The highest BCUT2D eigenvalue weighted by atomic mass is 16.5. The van der Waals surface area contributed by atoms with Gasteiger partial charge in [0.1, 0.15) is 5.78 Å². The third-order valence-electron chi connectivity index (χ3n) is 2.68. The zero-order valence-electron chi connectivity index (χ0n) is 8.01. The minimum Gasteiger partial charge on any atom is -0.381 e. The van der Waals surface area contributed by atoms with Crippen LogP contribution in [0.1, 0.15) is 39.0 Å². The SMILES string of the molecule is CCCC(OC)C1CCCC1=O. The van der Waals surface area contributed by atoms with Crippen molar-refractivity contribution in [3.63, 3.8) is 0 Å². The molecule has 1 saturated carbocycles. The summed E-state index contributed by atoms with van der Waals surface area (Å²) in [6, 6.07) is 0. The smallest absolute Gasteiger partial charge is 0.138 e. The lowest BCUT2D eigenvalue weighted by Gasteiger charge is -2.19. The van der Waals surface area contributed by atoms with Gasteiger partial charge in [0, 0.05) is 19.4 Å². The van der Waals surface area contributed by atoms with Crippen molar-refractivity contribution in [1.29, 1.82) is 0 Å². The van der Waals surface area contributed by atoms with Crippen LogP contribution in [0.25, 0.3) is 0 Å². The Morgan fingerprint density at radius 2 is 2.42 bits per heavy atom. The summed E-state index contributed by atoms with van der Waals surface area (Å²) in [4.78, 5) is 11.4. The van der Waals surface area contributed by atoms with E-state index in [9.17, 15) is 4.79 Å². The topological polar surface area (TPSA) is 26.3 Å². The van der Waals surface area contributed by atoms with Gasteiger partial charge in [-0.1, -0.05) is 13.3 Å². The lowest BCUT2D eigenvalue weighted by atomic mass is 9.96. The Morgan fingerprint density at radius 3 is 2.83 bits per heavy atom. The van der Waals surface area contributed by atoms with Crippen molar-refractivity contribution in [2.24, 2.45) is 5.92 Å². The zero-order valence-corrected chi connectivity index (χ0v) is 8.01. The van der Waals surface area contributed by atoms with Crippen molar-refractivity contribution >= 4 is 5.78 Å². The van der Waals surface area contributed by atoms with Crippen molar-refractivity contribution in [3.8, 4) is 0 Å². The second-order valence-corrected chi connectivity index (χ2v) is 3.53. The molecule has 1 rings (SSSR count). The summed E-state index contributed by atoms with van der Waals surface area (Å²) >= 11 is 0. The van der Waals surface area contributed by atoms with Gasteiger partial charge in [0.25, 0.3) is 0 Å². The summed E-state index contributed by atoms with van der Waals surface area (Å²) in [5.41, 5.74) is 0. The van der Waals surface area contributed by atoms with E-state index < -0.39 is 0 Å². The van der Waals surface area contributed by atoms with Gasteiger partial charge in [0.15, 0.2) is 0 Å². The molecule has 1 aliphatic rings. The molecule has 1 fully saturated rings. The van der Waals surface area contributed by atoms with Gasteiger partial charge in [-0.05, 0) is 19.3 Å². The molecule has 2 atom stereocenters. The molecule has 0 radical (unpaired) electrons. The van der Waals surface area contributed by atoms with Crippen LogP contribution in [0.5, 0.6) is 0 Å². The Balaban J connectivity index is 2.46. The normalized spacial score (nSPS) is 26.2. The van der Waals surface area contributed by atoms with Gasteiger partial charge >= 0.3 is 0 Å². The van der Waals surface area contributed by atoms with Gasteiger partial charge < -0.3 is 4.74 Å². The Labute approximate surface area is 74.3 Å². The number of rotatable bonds is 4. The maximum absolute atomic E-state index is 11.4. The standard InChI is InChI=1S/C10H18O2/c1-3-5-10(12-2)8-6-4-7-9(8)11/h8,10H,3-7H2,1-2H3. The van der Waals surface area contributed by atoms with E-state index >= 15 is 0 Å². The first-order chi connectivity index (χ1) is 5.79. The number of carbonyl (C=O) groups excluding carboxylic acids is 1. The molecule has 0 bridgehead atoms. The zero-order chi connectivity index (χ0) is 8.97. The van der Waals surface area contributed by atoms with Crippen LogP contribution in [0.15, 0.2) is 0 Å². The van der Waals surface area contributed by atoms with Crippen molar-refractivity contribution < 1.29 is 9.53 Å². The first-order valence-electron chi connectivity index (χ1n) is 4.85. The molecule has 70 valence electrons. The summed E-state index contributed by atoms with van der Waals surface area (Å²) < 4.78 is 5.32. The number of hydrogen-bond donors (Lipinski definition) is 0. The number of ketones is 1. The molecule has 0 spiro atoms. The molecule has 0 saturated heterocycles. The van der Waals surface area contributed by atoms with Crippen molar-refractivity contribution in [2.45, 2.75) is 45.1 Å². The third-order valence-corrected chi connectivity index (χ3v) is 2.68.